The first-order valence-electron chi connectivity index (χ1n) is 11.4. The van der Waals surface area contributed by atoms with E-state index in [1.54, 1.807) is 36.4 Å². The van der Waals surface area contributed by atoms with Gasteiger partial charge in [-0.15, -0.1) is 0 Å². The Morgan fingerprint density at radius 3 is 2.37 bits per heavy atom. The number of rotatable bonds is 7. The van der Waals surface area contributed by atoms with Crippen molar-refractivity contribution in [2.24, 2.45) is 5.92 Å². The lowest BCUT2D eigenvalue weighted by atomic mass is 9.90. The molecule has 0 unspecified atom stereocenters. The minimum atomic E-state index is -1.05. The van der Waals surface area contributed by atoms with E-state index in [0.717, 1.165) is 16.9 Å². The van der Waals surface area contributed by atoms with E-state index in [2.05, 4.69) is 0 Å². The molecule has 3 aromatic rings. The predicted octanol–water partition coefficient (Wildman–Crippen LogP) is 4.43. The maximum atomic E-state index is 13.6. The highest BCUT2D eigenvalue weighted by Crippen LogP contribution is 2.48. The molecule has 0 N–H and O–H groups in total. The number of nitrogens with zero attached hydrogens (tertiary/aromatic N) is 3. The molecule has 2 heterocycles. The SMILES string of the molecule is CCCOc1ccc(N2C(=O)[C@@H]3[C@H](ON(c4cccc([N+](=O)[O-])c4)[C@@H]3c3ccccc3)C2=O)cc1. The number of nitro groups is 1. The van der Waals surface area contributed by atoms with E-state index < -0.39 is 28.9 Å². The first-order chi connectivity index (χ1) is 17.0. The third kappa shape index (κ3) is 4.00. The molecule has 2 aliphatic heterocycles. The lowest BCUT2D eigenvalue weighted by Gasteiger charge is -2.28. The number of hydrogen-bond donors (Lipinski definition) is 0. The number of hydroxylamine groups is 1. The summed E-state index contributed by atoms with van der Waals surface area (Å²) in [4.78, 5) is 45.1. The van der Waals surface area contributed by atoms with Crippen LogP contribution in [0.15, 0.2) is 78.9 Å². The lowest BCUT2D eigenvalue weighted by Crippen LogP contribution is -2.37. The second-order valence-electron chi connectivity index (χ2n) is 8.36. The normalized spacial score (nSPS) is 21.3. The molecule has 9 nitrogen and oxygen atoms in total. The number of carbonyl (C=O) groups is 2. The van der Waals surface area contributed by atoms with Gasteiger partial charge in [-0.1, -0.05) is 43.3 Å². The summed E-state index contributed by atoms with van der Waals surface area (Å²) in [5.74, 6) is -1.02. The number of hydrogen-bond acceptors (Lipinski definition) is 7. The van der Waals surface area contributed by atoms with E-state index in [1.807, 2.05) is 37.3 Å². The van der Waals surface area contributed by atoms with Crippen LogP contribution >= 0.6 is 0 Å². The van der Waals surface area contributed by atoms with Crippen molar-refractivity contribution in [3.05, 3.63) is 94.5 Å². The van der Waals surface area contributed by atoms with Crippen LogP contribution in [0.4, 0.5) is 17.1 Å². The molecule has 9 heteroatoms. The Morgan fingerprint density at radius 1 is 0.943 bits per heavy atom. The molecule has 2 amide bonds. The first kappa shape index (κ1) is 22.5. The molecule has 178 valence electrons. The van der Waals surface area contributed by atoms with Crippen LogP contribution in [0.25, 0.3) is 0 Å². The number of non-ortho nitro benzene ring substituents is 1. The Kier molecular flexibility index (Phi) is 5.92. The van der Waals surface area contributed by atoms with Gasteiger partial charge >= 0.3 is 0 Å². The summed E-state index contributed by atoms with van der Waals surface area (Å²) in [6, 6.07) is 21.3. The van der Waals surface area contributed by atoms with Gasteiger partial charge in [0.25, 0.3) is 11.6 Å². The number of nitro benzene ring substituents is 1. The van der Waals surface area contributed by atoms with Crippen molar-refractivity contribution < 1.29 is 24.1 Å². The molecule has 0 aliphatic carbocycles. The number of amides is 2. The number of fused-ring (bicyclic) bond motifs is 1. The molecule has 5 rings (SSSR count). The Labute approximate surface area is 201 Å². The van der Waals surface area contributed by atoms with Gasteiger partial charge in [-0.25, -0.2) is 9.96 Å². The summed E-state index contributed by atoms with van der Waals surface area (Å²) in [6.45, 7) is 2.58. The van der Waals surface area contributed by atoms with Gasteiger partial charge in [0.1, 0.15) is 11.7 Å². The second-order valence-corrected chi connectivity index (χ2v) is 8.36. The third-order valence-electron chi connectivity index (χ3n) is 6.12. The second kappa shape index (κ2) is 9.19. The van der Waals surface area contributed by atoms with Crippen LogP contribution < -0.4 is 14.7 Å². The van der Waals surface area contributed by atoms with Crippen LogP contribution in [0.1, 0.15) is 24.9 Å². The Hall–Kier alpha value is -4.24. The van der Waals surface area contributed by atoms with Crippen LogP contribution in [-0.2, 0) is 14.4 Å². The minimum absolute atomic E-state index is 0.111. The smallest absolute Gasteiger partial charge is 0.271 e. The summed E-state index contributed by atoms with van der Waals surface area (Å²) < 4.78 is 5.60. The minimum Gasteiger partial charge on any atom is -0.494 e. The van der Waals surface area contributed by atoms with Crippen LogP contribution in [0, 0.1) is 16.0 Å². The van der Waals surface area contributed by atoms with Gasteiger partial charge in [-0.05, 0) is 42.3 Å². The van der Waals surface area contributed by atoms with Gasteiger partial charge in [-0.3, -0.25) is 24.5 Å². The van der Waals surface area contributed by atoms with Crippen LogP contribution in [0.3, 0.4) is 0 Å². The number of benzene rings is 3. The number of imide groups is 1. The Morgan fingerprint density at radius 2 is 1.69 bits per heavy atom. The molecule has 0 radical (unpaired) electrons. The van der Waals surface area contributed by atoms with Crippen LogP contribution in [-0.4, -0.2) is 29.4 Å². The highest BCUT2D eigenvalue weighted by molar-refractivity contribution is 6.23. The number of ether oxygens (including phenoxy) is 1. The molecular weight excluding hydrogens is 450 g/mol. The average Bonchev–Trinajstić information content (AvgIpc) is 3.39. The van der Waals surface area contributed by atoms with E-state index in [-0.39, 0.29) is 11.6 Å². The molecule has 3 aromatic carbocycles. The quantitative estimate of drug-likeness (QED) is 0.284. The van der Waals surface area contributed by atoms with Crippen molar-refractivity contribution in [1.82, 2.24) is 0 Å². The Balaban J connectivity index is 1.50. The summed E-state index contributed by atoms with van der Waals surface area (Å²) in [5.41, 5.74) is 1.49. The van der Waals surface area contributed by atoms with Crippen molar-refractivity contribution in [3.63, 3.8) is 0 Å². The van der Waals surface area contributed by atoms with E-state index in [1.165, 1.54) is 17.2 Å². The van der Waals surface area contributed by atoms with Gasteiger partial charge < -0.3 is 4.74 Å². The molecule has 0 spiro atoms. The topological polar surface area (TPSA) is 102 Å². The first-order valence-corrected chi connectivity index (χ1v) is 11.4. The predicted molar refractivity (Wildman–Crippen MR) is 128 cm³/mol. The van der Waals surface area contributed by atoms with Crippen molar-refractivity contribution in [2.75, 3.05) is 16.6 Å². The summed E-state index contributed by atoms with van der Waals surface area (Å²) in [5, 5.41) is 12.8. The largest absolute Gasteiger partial charge is 0.494 e. The van der Waals surface area contributed by atoms with Crippen molar-refractivity contribution in [1.29, 1.82) is 0 Å². The Bertz CT molecular complexity index is 1260. The molecule has 2 fully saturated rings. The monoisotopic (exact) mass is 473 g/mol. The van der Waals surface area contributed by atoms with Gasteiger partial charge in [0.15, 0.2) is 6.10 Å². The standard InChI is InChI=1S/C26H23N3O6/c1-2-15-34-21-13-11-18(12-14-21)27-25(30)22-23(17-7-4-3-5-8-17)28(35-24(22)26(27)31)19-9-6-10-20(16-19)29(32)33/h3-14,16,22-24H,2,15H2,1H3/t22-,23+,24-/m0/s1. The average molecular weight is 473 g/mol. The summed E-state index contributed by atoms with van der Waals surface area (Å²) in [6.07, 6.45) is -0.184. The maximum Gasteiger partial charge on any atom is 0.271 e. The van der Waals surface area contributed by atoms with Crippen molar-refractivity contribution in [2.45, 2.75) is 25.5 Å². The molecule has 0 aromatic heterocycles. The van der Waals surface area contributed by atoms with E-state index in [4.69, 9.17) is 9.57 Å². The summed E-state index contributed by atoms with van der Waals surface area (Å²) >= 11 is 0. The zero-order valence-electron chi connectivity index (χ0n) is 18.9. The summed E-state index contributed by atoms with van der Waals surface area (Å²) in [7, 11) is 0. The highest BCUT2D eigenvalue weighted by atomic mass is 16.7. The van der Waals surface area contributed by atoms with Gasteiger partial charge in [0.05, 0.1) is 28.9 Å². The molecule has 3 atom stereocenters. The van der Waals surface area contributed by atoms with Gasteiger partial charge in [-0.2, -0.15) is 0 Å². The van der Waals surface area contributed by atoms with Crippen molar-refractivity contribution in [3.8, 4) is 5.75 Å². The fourth-order valence-corrected chi connectivity index (χ4v) is 4.54. The van der Waals surface area contributed by atoms with Crippen LogP contribution in [0.2, 0.25) is 0 Å². The van der Waals surface area contributed by atoms with E-state index in [9.17, 15) is 19.7 Å². The molecule has 0 saturated carbocycles. The molecule has 35 heavy (non-hydrogen) atoms. The maximum absolute atomic E-state index is 13.6. The van der Waals surface area contributed by atoms with E-state index >= 15 is 0 Å². The third-order valence-corrected chi connectivity index (χ3v) is 6.12. The zero-order valence-corrected chi connectivity index (χ0v) is 18.9. The fourth-order valence-electron chi connectivity index (χ4n) is 4.54. The molecule has 2 aliphatic rings. The number of carbonyl (C=O) groups excluding carboxylic acids is 2. The van der Waals surface area contributed by atoms with Crippen molar-refractivity contribution >= 4 is 28.9 Å². The molecule has 0 bridgehead atoms. The fraction of sp³-hybridized carbons (Fsp3) is 0.231. The lowest BCUT2D eigenvalue weighted by molar-refractivity contribution is -0.384. The van der Waals surface area contributed by atoms with Gasteiger partial charge in [0, 0.05) is 12.1 Å². The highest BCUT2D eigenvalue weighted by Gasteiger charge is 2.60. The van der Waals surface area contributed by atoms with Gasteiger partial charge in [0.2, 0.25) is 5.91 Å². The molecule has 2 saturated heterocycles. The zero-order chi connectivity index (χ0) is 24.5. The van der Waals surface area contributed by atoms with Crippen LogP contribution in [0.5, 0.6) is 5.75 Å². The molecular formula is C26H23N3O6. The van der Waals surface area contributed by atoms with E-state index in [0.29, 0.717) is 23.7 Å². The number of anilines is 2.